The third-order valence-electron chi connectivity index (χ3n) is 5.57. The number of halogens is 2. The van der Waals surface area contributed by atoms with Crippen molar-refractivity contribution in [2.45, 2.75) is 32.7 Å². The van der Waals surface area contributed by atoms with E-state index in [-0.39, 0.29) is 10.8 Å². The van der Waals surface area contributed by atoms with E-state index in [0.29, 0.717) is 29.2 Å². The van der Waals surface area contributed by atoms with Gasteiger partial charge in [-0.25, -0.2) is 9.07 Å². The van der Waals surface area contributed by atoms with Gasteiger partial charge in [-0.3, -0.25) is 4.68 Å². The van der Waals surface area contributed by atoms with Crippen molar-refractivity contribution in [2.24, 2.45) is 7.05 Å². The molecule has 2 atom stereocenters. The normalized spacial score (nSPS) is 13.0. The Kier molecular flexibility index (Phi) is 6.80. The van der Waals surface area contributed by atoms with Gasteiger partial charge in [-0.2, -0.15) is 15.5 Å². The number of ether oxygens (including phenoxy) is 1. The van der Waals surface area contributed by atoms with Crippen LogP contribution in [0.4, 0.5) is 4.39 Å². The lowest BCUT2D eigenvalue weighted by Gasteiger charge is -2.20. The van der Waals surface area contributed by atoms with E-state index in [1.807, 2.05) is 44.2 Å². The summed E-state index contributed by atoms with van der Waals surface area (Å²) >= 11 is 6.21. The molecule has 2 aromatic carbocycles. The summed E-state index contributed by atoms with van der Waals surface area (Å²) in [5, 5.41) is 28.8. The summed E-state index contributed by atoms with van der Waals surface area (Å²) in [7, 11) is 1.63. The molecule has 0 bridgehead atoms. The summed E-state index contributed by atoms with van der Waals surface area (Å²) < 4.78 is 23.2. The summed E-state index contributed by atoms with van der Waals surface area (Å²) in [6.45, 7) is 4.19. The van der Waals surface area contributed by atoms with E-state index in [1.165, 1.54) is 33.6 Å². The van der Waals surface area contributed by atoms with Gasteiger partial charge in [0.1, 0.15) is 18.0 Å². The zero-order chi connectivity index (χ0) is 24.4. The number of nitrogens with zero attached hydrogens (tertiary/aromatic N) is 5. The molecular formula is C25H23ClFN5O2. The topological polar surface area (TPSA) is 88.9 Å². The summed E-state index contributed by atoms with van der Waals surface area (Å²) in [5.74, 6) is -0.421. The maximum atomic E-state index is 14.3. The molecule has 0 spiro atoms. The number of benzene rings is 2. The van der Waals surface area contributed by atoms with Crippen LogP contribution in [0, 0.1) is 24.1 Å². The van der Waals surface area contributed by atoms with Crippen LogP contribution >= 0.6 is 11.6 Å². The van der Waals surface area contributed by atoms with Crippen molar-refractivity contribution in [2.75, 3.05) is 0 Å². The van der Waals surface area contributed by atoms with Gasteiger partial charge >= 0.3 is 0 Å². The number of rotatable bonds is 7. The molecule has 1 unspecified atom stereocenters. The molecule has 7 nitrogen and oxygen atoms in total. The second kappa shape index (κ2) is 9.77. The Bertz CT molecular complexity index is 1360. The van der Waals surface area contributed by atoms with Crippen LogP contribution in [0.2, 0.25) is 5.15 Å². The van der Waals surface area contributed by atoms with Crippen molar-refractivity contribution in [3.63, 3.8) is 0 Å². The molecule has 9 heteroatoms. The molecule has 0 saturated carbocycles. The number of nitriles is 1. The van der Waals surface area contributed by atoms with E-state index in [4.69, 9.17) is 21.6 Å². The molecule has 4 aromatic rings. The van der Waals surface area contributed by atoms with E-state index >= 15 is 0 Å². The van der Waals surface area contributed by atoms with Gasteiger partial charge in [-0.15, -0.1) is 0 Å². The van der Waals surface area contributed by atoms with Crippen molar-refractivity contribution >= 4 is 11.6 Å². The van der Waals surface area contributed by atoms with Crippen LogP contribution in [0.3, 0.4) is 0 Å². The van der Waals surface area contributed by atoms with Crippen molar-refractivity contribution in [1.29, 1.82) is 5.26 Å². The Hall–Kier alpha value is -3.51. The average molecular weight is 480 g/mol. The van der Waals surface area contributed by atoms with Gasteiger partial charge in [0.25, 0.3) is 0 Å². The highest BCUT2D eigenvalue weighted by Gasteiger charge is 2.25. The molecule has 0 aliphatic rings. The first-order valence-corrected chi connectivity index (χ1v) is 11.0. The number of aliphatic hydroxyl groups excluding tert-OH is 1. The molecule has 1 N–H and O–H groups in total. The molecule has 34 heavy (non-hydrogen) atoms. The van der Waals surface area contributed by atoms with Crippen molar-refractivity contribution in [3.05, 3.63) is 99.3 Å². The Morgan fingerprint density at radius 3 is 2.53 bits per heavy atom. The fraction of sp³-hybridized carbons (Fsp3) is 0.240. The summed E-state index contributed by atoms with van der Waals surface area (Å²) in [5.41, 5.74) is 4.12. The Labute approximate surface area is 201 Å². The maximum absolute atomic E-state index is 14.3. The largest absolute Gasteiger partial charge is 0.380 e. The standard InChI is InChI=1S/C25H23ClFN5O2/c1-15-4-6-17(7-5-15)14-34-16(2)20-10-18(27)8-9-21(20)32-23(12-24(26)30-32)25(33)22-11-19(13-28)29-31(22)3/h4-12,16,25,33H,14H2,1-3H3/t16-,25?/m1/s1. The monoisotopic (exact) mass is 479 g/mol. The highest BCUT2D eigenvalue weighted by Crippen LogP contribution is 2.32. The Morgan fingerprint density at radius 2 is 1.85 bits per heavy atom. The lowest BCUT2D eigenvalue weighted by Crippen LogP contribution is -2.14. The minimum Gasteiger partial charge on any atom is -0.380 e. The predicted molar refractivity (Wildman–Crippen MR) is 125 cm³/mol. The van der Waals surface area contributed by atoms with Crippen LogP contribution in [-0.4, -0.2) is 24.7 Å². The molecule has 0 aliphatic carbocycles. The van der Waals surface area contributed by atoms with Gasteiger partial charge in [0.2, 0.25) is 0 Å². The Balaban J connectivity index is 1.69. The van der Waals surface area contributed by atoms with Crippen LogP contribution in [0.5, 0.6) is 0 Å². The van der Waals surface area contributed by atoms with Crippen LogP contribution in [-0.2, 0) is 18.4 Å². The Morgan fingerprint density at radius 1 is 1.12 bits per heavy atom. The molecule has 0 amide bonds. The number of hydrogen-bond donors (Lipinski definition) is 1. The number of aromatic nitrogens is 4. The molecular weight excluding hydrogens is 457 g/mol. The fourth-order valence-electron chi connectivity index (χ4n) is 3.74. The zero-order valence-electron chi connectivity index (χ0n) is 18.9. The van der Waals surface area contributed by atoms with Gasteiger partial charge in [-0.05, 0) is 37.6 Å². The van der Waals surface area contributed by atoms with Crippen molar-refractivity contribution in [3.8, 4) is 11.8 Å². The average Bonchev–Trinajstić information content (AvgIpc) is 3.40. The minimum atomic E-state index is -1.18. The van der Waals surface area contributed by atoms with Crippen molar-refractivity contribution < 1.29 is 14.2 Å². The summed E-state index contributed by atoms with van der Waals surface area (Å²) in [6.07, 6.45) is -1.66. The van der Waals surface area contributed by atoms with Gasteiger partial charge in [0, 0.05) is 24.7 Å². The van der Waals surface area contributed by atoms with Gasteiger partial charge in [-0.1, -0.05) is 41.4 Å². The third kappa shape index (κ3) is 4.87. The molecule has 2 heterocycles. The first kappa shape index (κ1) is 23.6. The second-order valence-electron chi connectivity index (χ2n) is 8.04. The van der Waals surface area contributed by atoms with Gasteiger partial charge in [0.15, 0.2) is 10.8 Å². The molecule has 0 saturated heterocycles. The van der Waals surface area contributed by atoms with Crippen LogP contribution < -0.4 is 0 Å². The van der Waals surface area contributed by atoms with Crippen LogP contribution in [0.15, 0.2) is 54.6 Å². The van der Waals surface area contributed by atoms with Gasteiger partial charge < -0.3 is 9.84 Å². The van der Waals surface area contributed by atoms with E-state index in [1.54, 1.807) is 13.1 Å². The lowest BCUT2D eigenvalue weighted by atomic mass is 10.1. The molecule has 0 fully saturated rings. The van der Waals surface area contributed by atoms with E-state index in [9.17, 15) is 9.50 Å². The quantitative estimate of drug-likeness (QED) is 0.405. The van der Waals surface area contributed by atoms with Crippen LogP contribution in [0.25, 0.3) is 5.69 Å². The van der Waals surface area contributed by atoms with E-state index in [0.717, 1.165) is 11.1 Å². The third-order valence-corrected chi connectivity index (χ3v) is 5.76. The number of hydrogen-bond acceptors (Lipinski definition) is 5. The maximum Gasteiger partial charge on any atom is 0.162 e. The van der Waals surface area contributed by atoms with E-state index < -0.39 is 18.0 Å². The zero-order valence-corrected chi connectivity index (χ0v) is 19.7. The number of aryl methyl sites for hydroxylation is 2. The lowest BCUT2D eigenvalue weighted by molar-refractivity contribution is 0.0522. The van der Waals surface area contributed by atoms with E-state index in [2.05, 4.69) is 10.2 Å². The van der Waals surface area contributed by atoms with Crippen LogP contribution in [0.1, 0.15) is 52.9 Å². The molecule has 174 valence electrons. The molecule has 2 aromatic heterocycles. The molecule has 0 radical (unpaired) electrons. The van der Waals surface area contributed by atoms with Gasteiger partial charge in [0.05, 0.1) is 29.8 Å². The highest BCUT2D eigenvalue weighted by atomic mass is 35.5. The highest BCUT2D eigenvalue weighted by molar-refractivity contribution is 6.29. The smallest absolute Gasteiger partial charge is 0.162 e. The number of aliphatic hydroxyl groups is 1. The molecule has 4 rings (SSSR count). The first-order chi connectivity index (χ1) is 16.3. The molecule has 0 aliphatic heterocycles. The first-order valence-electron chi connectivity index (χ1n) is 10.6. The minimum absolute atomic E-state index is 0.153. The SMILES string of the molecule is Cc1ccc(CO[C@H](C)c2cc(F)ccc2-n2nc(Cl)cc2C(O)c2cc(C#N)nn2C)cc1. The predicted octanol–water partition coefficient (Wildman–Crippen LogP) is 4.94. The summed E-state index contributed by atoms with van der Waals surface area (Å²) in [4.78, 5) is 0. The van der Waals surface area contributed by atoms with Crippen molar-refractivity contribution in [1.82, 2.24) is 19.6 Å². The second-order valence-corrected chi connectivity index (χ2v) is 8.43. The fourth-order valence-corrected chi connectivity index (χ4v) is 3.92. The summed E-state index contributed by atoms with van der Waals surface area (Å²) in [6, 6.07) is 17.2.